The van der Waals surface area contributed by atoms with Gasteiger partial charge in [0.15, 0.2) is 23.6 Å². The van der Waals surface area contributed by atoms with Crippen LogP contribution in [0.5, 0.6) is 5.75 Å². The van der Waals surface area contributed by atoms with Crippen LogP contribution in [0.15, 0.2) is 48.8 Å². The van der Waals surface area contributed by atoms with Crippen molar-refractivity contribution in [2.75, 3.05) is 32.2 Å². The highest BCUT2D eigenvalue weighted by atomic mass is 31.2. The molecule has 0 saturated carbocycles. The first kappa shape index (κ1) is 39.1. The molecule has 52 heavy (non-hydrogen) atoms. The highest BCUT2D eigenvalue weighted by molar-refractivity contribution is 7.52. The van der Waals surface area contributed by atoms with E-state index < -0.39 is 86.8 Å². The van der Waals surface area contributed by atoms with E-state index in [0.717, 1.165) is 0 Å². The van der Waals surface area contributed by atoms with Gasteiger partial charge in [-0.15, -0.1) is 0 Å². The second kappa shape index (κ2) is 16.7. The van der Waals surface area contributed by atoms with Gasteiger partial charge in [0.25, 0.3) is 0 Å². The number of nitrogens with zero attached hydrogens (tertiary/aromatic N) is 3. The van der Waals surface area contributed by atoms with Crippen LogP contribution in [0.2, 0.25) is 0 Å². The molecule has 0 spiro atoms. The fraction of sp³-hybridized carbons (Fsp3) is 0.559. The molecule has 2 fully saturated rings. The fourth-order valence-corrected chi connectivity index (χ4v) is 7.16. The lowest BCUT2D eigenvalue weighted by Crippen LogP contribution is -2.52. The SMILES string of the molecule is CC(C)C(=O)O[C@H]1[C@H](c2ccc3c(N)ncnn23)O[C@](CF)(COP(=O)(NC(C)C(=O)OC2CCOCC2)Oc2ccccc2)[C@H]1OC(=O)C(C)C. The van der Waals surface area contributed by atoms with E-state index in [-0.39, 0.29) is 17.3 Å². The number of para-hydroxylation sites is 1. The van der Waals surface area contributed by atoms with Crippen molar-refractivity contribution in [2.45, 2.75) is 83.5 Å². The summed E-state index contributed by atoms with van der Waals surface area (Å²) in [7, 11) is -4.59. The summed E-state index contributed by atoms with van der Waals surface area (Å²) in [5, 5.41) is 6.85. The van der Waals surface area contributed by atoms with Crippen molar-refractivity contribution in [3.63, 3.8) is 0 Å². The van der Waals surface area contributed by atoms with Crippen LogP contribution in [0.3, 0.4) is 0 Å². The van der Waals surface area contributed by atoms with Gasteiger partial charge in [-0.2, -0.15) is 10.2 Å². The van der Waals surface area contributed by atoms with E-state index in [1.54, 1.807) is 58.0 Å². The molecule has 284 valence electrons. The zero-order valence-corrected chi connectivity index (χ0v) is 30.5. The van der Waals surface area contributed by atoms with Gasteiger partial charge in [-0.25, -0.2) is 18.5 Å². The third kappa shape index (κ3) is 8.89. The predicted molar refractivity (Wildman–Crippen MR) is 183 cm³/mol. The number of fused-ring (bicyclic) bond motifs is 1. The van der Waals surface area contributed by atoms with Gasteiger partial charge >= 0.3 is 25.7 Å². The first-order valence-electron chi connectivity index (χ1n) is 17.0. The molecule has 0 aliphatic carbocycles. The molecule has 0 radical (unpaired) electrons. The number of nitrogens with two attached hydrogens (primary N) is 1. The Kier molecular flexibility index (Phi) is 12.5. The van der Waals surface area contributed by atoms with E-state index in [9.17, 15) is 18.9 Å². The number of anilines is 1. The van der Waals surface area contributed by atoms with Crippen LogP contribution >= 0.6 is 7.75 Å². The highest BCUT2D eigenvalue weighted by Crippen LogP contribution is 2.50. The number of alkyl halides is 1. The topological polar surface area (TPSA) is 201 Å². The van der Waals surface area contributed by atoms with E-state index in [2.05, 4.69) is 15.2 Å². The van der Waals surface area contributed by atoms with E-state index >= 15 is 4.39 Å². The molecular formula is C34H45FN5O11P. The minimum absolute atomic E-state index is 0.103. The number of hydrogen-bond donors (Lipinski definition) is 2. The Balaban J connectivity index is 1.51. The maximum Gasteiger partial charge on any atom is 0.459 e. The summed E-state index contributed by atoms with van der Waals surface area (Å²) in [6, 6.07) is 9.94. The maximum absolute atomic E-state index is 15.7. The average Bonchev–Trinajstić information content (AvgIpc) is 3.68. The number of esters is 3. The van der Waals surface area contributed by atoms with E-state index in [1.165, 1.54) is 29.9 Å². The van der Waals surface area contributed by atoms with Gasteiger partial charge in [-0.05, 0) is 31.2 Å². The monoisotopic (exact) mass is 749 g/mol. The molecular weight excluding hydrogens is 704 g/mol. The van der Waals surface area contributed by atoms with Crippen molar-refractivity contribution in [1.29, 1.82) is 0 Å². The molecule has 4 heterocycles. The third-order valence-corrected chi connectivity index (χ3v) is 10.2. The normalized spacial score (nSPS) is 24.0. The van der Waals surface area contributed by atoms with E-state index in [4.69, 9.17) is 38.5 Å². The van der Waals surface area contributed by atoms with Crippen molar-refractivity contribution in [3.05, 3.63) is 54.5 Å². The smallest absolute Gasteiger partial charge is 0.459 e. The molecule has 0 amide bonds. The minimum atomic E-state index is -4.59. The second-order valence-electron chi connectivity index (χ2n) is 13.3. The molecule has 5 rings (SSSR count). The summed E-state index contributed by atoms with van der Waals surface area (Å²) in [4.78, 5) is 43.4. The number of ether oxygens (including phenoxy) is 5. The van der Waals surface area contributed by atoms with Crippen molar-refractivity contribution >= 4 is 37.0 Å². The van der Waals surface area contributed by atoms with E-state index in [0.29, 0.717) is 31.6 Å². The molecule has 2 aromatic heterocycles. The zero-order chi connectivity index (χ0) is 37.6. The lowest BCUT2D eigenvalue weighted by Gasteiger charge is -2.34. The average molecular weight is 750 g/mol. The Labute approximate surface area is 300 Å². The Bertz CT molecular complexity index is 1760. The standard InChI is InChI=1S/C34H45FN5O11P/c1-20(2)31(41)48-28-27(25-11-12-26-30(36)37-19-38-40(25)26)50-34(17-35,29(28)49-32(42)21(3)4)18-46-52(44,51-24-9-7-6-8-10-24)39-22(5)33(43)47-23-13-15-45-16-14-23/h6-12,19-23,27-29H,13-18H2,1-5H3,(H,39,44)(H2,36,37,38)/t22?,27-,28-,29-,34+,52?/m0/s1. The molecule has 2 aliphatic rings. The maximum atomic E-state index is 15.7. The van der Waals surface area contributed by atoms with Crippen LogP contribution in [-0.4, -0.2) is 89.0 Å². The van der Waals surface area contributed by atoms with Gasteiger partial charge in [-0.1, -0.05) is 45.9 Å². The van der Waals surface area contributed by atoms with Crippen LogP contribution in [0.25, 0.3) is 5.52 Å². The van der Waals surface area contributed by atoms with Crippen molar-refractivity contribution in [2.24, 2.45) is 11.8 Å². The largest absolute Gasteiger partial charge is 0.461 e. The van der Waals surface area contributed by atoms with Gasteiger partial charge in [-0.3, -0.25) is 18.9 Å². The molecule has 2 saturated heterocycles. The van der Waals surface area contributed by atoms with Crippen molar-refractivity contribution < 1.29 is 56.1 Å². The Morgan fingerprint density at radius 1 is 1.00 bits per heavy atom. The molecule has 2 unspecified atom stereocenters. The number of nitrogen functional groups attached to an aromatic ring is 1. The quantitative estimate of drug-likeness (QED) is 0.128. The molecule has 2 aliphatic heterocycles. The second-order valence-corrected chi connectivity index (χ2v) is 15.0. The molecule has 16 nitrogen and oxygen atoms in total. The van der Waals surface area contributed by atoms with E-state index in [1.807, 2.05) is 0 Å². The van der Waals surface area contributed by atoms with Crippen LogP contribution < -0.4 is 15.3 Å². The van der Waals surface area contributed by atoms with Crippen LogP contribution in [0, 0.1) is 11.8 Å². The summed E-state index contributed by atoms with van der Waals surface area (Å²) in [5.41, 5.74) is 4.47. The molecule has 18 heteroatoms. The first-order chi connectivity index (χ1) is 24.8. The summed E-state index contributed by atoms with van der Waals surface area (Å²) in [6.07, 6.45) is -2.58. The summed E-state index contributed by atoms with van der Waals surface area (Å²) < 4.78 is 72.4. The molecule has 6 atom stereocenters. The summed E-state index contributed by atoms with van der Waals surface area (Å²) >= 11 is 0. The highest BCUT2D eigenvalue weighted by Gasteiger charge is 2.62. The molecule has 1 aromatic carbocycles. The van der Waals surface area contributed by atoms with Crippen molar-refractivity contribution in [1.82, 2.24) is 19.7 Å². The van der Waals surface area contributed by atoms with Crippen LogP contribution in [0.4, 0.5) is 10.2 Å². The summed E-state index contributed by atoms with van der Waals surface area (Å²) in [5.74, 6) is -3.25. The summed E-state index contributed by atoms with van der Waals surface area (Å²) in [6.45, 7) is 6.39. The Hall–Kier alpha value is -4.15. The van der Waals surface area contributed by atoms with Gasteiger partial charge in [0.2, 0.25) is 0 Å². The number of halogens is 1. The molecule has 3 N–H and O–H groups in total. The van der Waals surface area contributed by atoms with Gasteiger partial charge in [0.1, 0.15) is 42.5 Å². The lowest BCUT2D eigenvalue weighted by atomic mass is 9.95. The number of carbonyl (C=O) groups is 3. The van der Waals surface area contributed by atoms with Crippen LogP contribution in [0.1, 0.15) is 59.3 Å². The number of carbonyl (C=O) groups excluding carboxylic acids is 3. The Morgan fingerprint density at radius 3 is 2.33 bits per heavy atom. The molecule has 3 aromatic rings. The molecule has 0 bridgehead atoms. The number of hydrogen-bond acceptors (Lipinski definition) is 14. The number of nitrogens with one attached hydrogen (secondary N) is 1. The lowest BCUT2D eigenvalue weighted by molar-refractivity contribution is -0.178. The van der Waals surface area contributed by atoms with Crippen molar-refractivity contribution in [3.8, 4) is 5.75 Å². The number of rotatable bonds is 15. The third-order valence-electron chi connectivity index (χ3n) is 8.55. The van der Waals surface area contributed by atoms with Gasteiger partial charge in [0, 0.05) is 12.8 Å². The van der Waals surface area contributed by atoms with Gasteiger partial charge in [0.05, 0.1) is 37.4 Å². The van der Waals surface area contributed by atoms with Crippen LogP contribution in [-0.2, 0) is 47.2 Å². The fourth-order valence-electron chi connectivity index (χ4n) is 5.61. The first-order valence-corrected chi connectivity index (χ1v) is 18.6. The Morgan fingerprint density at radius 2 is 1.67 bits per heavy atom. The number of benzene rings is 1. The minimum Gasteiger partial charge on any atom is -0.461 e. The number of aromatic nitrogens is 3. The zero-order valence-electron chi connectivity index (χ0n) is 29.6. The van der Waals surface area contributed by atoms with Gasteiger partial charge < -0.3 is 33.9 Å². The predicted octanol–water partition coefficient (Wildman–Crippen LogP) is 4.13.